The maximum absolute atomic E-state index is 12.1. The molecule has 0 amide bonds. The van der Waals surface area contributed by atoms with Gasteiger partial charge in [0.25, 0.3) is 0 Å². The van der Waals surface area contributed by atoms with Crippen molar-refractivity contribution < 1.29 is 14.3 Å². The first kappa shape index (κ1) is 28.6. The van der Waals surface area contributed by atoms with Gasteiger partial charge in [0.05, 0.1) is 13.2 Å². The van der Waals surface area contributed by atoms with Crippen molar-refractivity contribution >= 4 is 23.3 Å². The number of carbonyl (C=O) groups excluding carboxylic acids is 1. The number of ether oxygens (including phenoxy) is 2. The minimum atomic E-state index is -0.342. The highest BCUT2D eigenvalue weighted by Crippen LogP contribution is 2.24. The fraction of sp³-hybridized carbons (Fsp3) is 0.500. The summed E-state index contributed by atoms with van der Waals surface area (Å²) >= 11 is 5.89. The molecule has 2 aromatic carbocycles. The van der Waals surface area contributed by atoms with E-state index in [1.165, 1.54) is 51.4 Å². The predicted octanol–water partition coefficient (Wildman–Crippen LogP) is 8.28. The Kier molecular flexibility index (Phi) is 14.5. The maximum atomic E-state index is 12.1. The van der Waals surface area contributed by atoms with Crippen molar-refractivity contribution in [2.45, 2.75) is 78.1 Å². The van der Waals surface area contributed by atoms with E-state index in [1.54, 1.807) is 13.0 Å². The normalized spacial score (nSPS) is 10.4. The zero-order chi connectivity index (χ0) is 25.1. The molecular formula is C30H40ClNO3. The van der Waals surface area contributed by atoms with Crippen molar-refractivity contribution in [3.05, 3.63) is 58.6 Å². The number of unbranched alkanes of at least 4 members (excludes halogenated alkanes) is 9. The predicted molar refractivity (Wildman–Crippen MR) is 147 cm³/mol. The molecule has 0 fully saturated rings. The zero-order valence-corrected chi connectivity index (χ0v) is 22.1. The summed E-state index contributed by atoms with van der Waals surface area (Å²) in [5.41, 5.74) is 2.48. The van der Waals surface area contributed by atoms with Crippen LogP contribution in [0.25, 0.3) is 0 Å². The van der Waals surface area contributed by atoms with Gasteiger partial charge in [0, 0.05) is 35.3 Å². The zero-order valence-electron chi connectivity index (χ0n) is 21.3. The van der Waals surface area contributed by atoms with Crippen LogP contribution in [0.3, 0.4) is 0 Å². The summed E-state index contributed by atoms with van der Waals surface area (Å²) in [6, 6.07) is 13.3. The van der Waals surface area contributed by atoms with E-state index >= 15 is 0 Å². The van der Waals surface area contributed by atoms with Crippen LogP contribution in [0.15, 0.2) is 42.5 Å². The molecule has 0 aliphatic carbocycles. The van der Waals surface area contributed by atoms with Gasteiger partial charge in [-0.15, -0.1) is 0 Å². The van der Waals surface area contributed by atoms with Crippen LogP contribution in [-0.2, 0) is 4.74 Å². The van der Waals surface area contributed by atoms with Crippen molar-refractivity contribution in [3.8, 4) is 17.6 Å². The molecule has 0 bridgehead atoms. The van der Waals surface area contributed by atoms with Crippen molar-refractivity contribution in [2.24, 2.45) is 0 Å². The second-order valence-electron chi connectivity index (χ2n) is 8.53. The third-order valence-electron chi connectivity index (χ3n) is 5.66. The molecule has 2 aromatic rings. The SMILES string of the molecule is CCOC(=O)c1ccc(NCCCCCCCCCCCC#Cc2ccc(Cl)cc2)cc1OCC. The highest BCUT2D eigenvalue weighted by Gasteiger charge is 2.14. The Bertz CT molecular complexity index is 931. The van der Waals surface area contributed by atoms with Gasteiger partial charge in [0.15, 0.2) is 0 Å². The van der Waals surface area contributed by atoms with Crippen molar-refractivity contribution in [1.82, 2.24) is 0 Å². The topological polar surface area (TPSA) is 47.6 Å². The van der Waals surface area contributed by atoms with Gasteiger partial charge in [0.1, 0.15) is 11.3 Å². The van der Waals surface area contributed by atoms with E-state index in [1.807, 2.05) is 43.3 Å². The average Bonchev–Trinajstić information content (AvgIpc) is 2.86. The number of benzene rings is 2. The van der Waals surface area contributed by atoms with E-state index in [2.05, 4.69) is 17.2 Å². The van der Waals surface area contributed by atoms with Crippen LogP contribution < -0.4 is 10.1 Å². The van der Waals surface area contributed by atoms with E-state index in [-0.39, 0.29) is 5.97 Å². The Labute approximate surface area is 216 Å². The van der Waals surface area contributed by atoms with Crippen LogP contribution in [0.1, 0.15) is 94.0 Å². The second-order valence-corrected chi connectivity index (χ2v) is 8.97. The lowest BCUT2D eigenvalue weighted by molar-refractivity contribution is 0.0522. The van der Waals surface area contributed by atoms with Gasteiger partial charge in [-0.1, -0.05) is 68.4 Å². The quantitative estimate of drug-likeness (QED) is 0.144. The summed E-state index contributed by atoms with van der Waals surface area (Å²) in [6.45, 7) is 5.49. The molecule has 0 radical (unpaired) electrons. The fourth-order valence-corrected chi connectivity index (χ4v) is 3.92. The number of hydrogen-bond donors (Lipinski definition) is 1. The molecule has 0 aliphatic heterocycles. The van der Waals surface area contributed by atoms with Gasteiger partial charge in [0.2, 0.25) is 0 Å². The summed E-state index contributed by atoms with van der Waals surface area (Å²) < 4.78 is 10.7. The number of rotatable bonds is 16. The average molecular weight is 498 g/mol. The number of hydrogen-bond acceptors (Lipinski definition) is 4. The standard InChI is InChI=1S/C30H40ClNO3/c1-3-34-29-24-27(21-22-28(29)30(33)35-4-2)32-23-15-13-11-9-7-5-6-8-10-12-14-16-25-17-19-26(31)20-18-25/h17-22,24,32H,3-13,15,23H2,1-2H3. The van der Waals surface area contributed by atoms with E-state index in [0.29, 0.717) is 24.5 Å². The number of carbonyl (C=O) groups is 1. The first-order chi connectivity index (χ1) is 17.1. The monoisotopic (exact) mass is 497 g/mol. The van der Waals surface area contributed by atoms with Gasteiger partial charge >= 0.3 is 5.97 Å². The van der Waals surface area contributed by atoms with Crippen LogP contribution in [0, 0.1) is 11.8 Å². The molecule has 0 saturated heterocycles. The third kappa shape index (κ3) is 12.1. The van der Waals surface area contributed by atoms with Gasteiger partial charge in [-0.2, -0.15) is 0 Å². The number of anilines is 1. The molecule has 1 N–H and O–H groups in total. The van der Waals surface area contributed by atoms with Crippen molar-refractivity contribution in [2.75, 3.05) is 25.1 Å². The first-order valence-electron chi connectivity index (χ1n) is 13.1. The minimum absolute atomic E-state index is 0.342. The summed E-state index contributed by atoms with van der Waals surface area (Å²) in [4.78, 5) is 12.1. The molecule has 35 heavy (non-hydrogen) atoms. The Morgan fingerprint density at radius 2 is 1.51 bits per heavy atom. The summed E-state index contributed by atoms with van der Waals surface area (Å²) in [6.07, 6.45) is 12.3. The summed E-state index contributed by atoms with van der Waals surface area (Å²) in [7, 11) is 0. The Balaban J connectivity index is 1.48. The minimum Gasteiger partial charge on any atom is -0.493 e. The number of halogens is 1. The number of esters is 1. The molecule has 0 unspecified atom stereocenters. The molecule has 0 heterocycles. The highest BCUT2D eigenvalue weighted by atomic mass is 35.5. The van der Waals surface area contributed by atoms with E-state index < -0.39 is 0 Å². The molecule has 0 aliphatic rings. The molecular weight excluding hydrogens is 458 g/mol. The van der Waals surface area contributed by atoms with E-state index in [4.69, 9.17) is 21.1 Å². The van der Waals surface area contributed by atoms with E-state index in [0.717, 1.165) is 35.7 Å². The van der Waals surface area contributed by atoms with Gasteiger partial charge < -0.3 is 14.8 Å². The van der Waals surface area contributed by atoms with Crippen LogP contribution in [-0.4, -0.2) is 25.7 Å². The van der Waals surface area contributed by atoms with Crippen LogP contribution in [0.4, 0.5) is 5.69 Å². The largest absolute Gasteiger partial charge is 0.493 e. The smallest absolute Gasteiger partial charge is 0.341 e. The molecule has 5 heteroatoms. The lowest BCUT2D eigenvalue weighted by Gasteiger charge is -2.13. The third-order valence-corrected chi connectivity index (χ3v) is 5.91. The highest BCUT2D eigenvalue weighted by molar-refractivity contribution is 6.30. The van der Waals surface area contributed by atoms with Crippen molar-refractivity contribution in [1.29, 1.82) is 0 Å². The Morgan fingerprint density at radius 1 is 0.857 bits per heavy atom. The van der Waals surface area contributed by atoms with Gasteiger partial charge in [-0.25, -0.2) is 4.79 Å². The Hall–Kier alpha value is -2.64. The van der Waals surface area contributed by atoms with Crippen LogP contribution >= 0.6 is 11.6 Å². The molecule has 0 atom stereocenters. The van der Waals surface area contributed by atoms with Crippen molar-refractivity contribution in [3.63, 3.8) is 0 Å². The van der Waals surface area contributed by atoms with Crippen LogP contribution in [0.2, 0.25) is 5.02 Å². The lowest BCUT2D eigenvalue weighted by Crippen LogP contribution is -2.09. The molecule has 190 valence electrons. The molecule has 0 spiro atoms. The molecule has 0 saturated carbocycles. The van der Waals surface area contributed by atoms with Gasteiger partial charge in [-0.3, -0.25) is 0 Å². The second kappa shape index (κ2) is 17.7. The fourth-order valence-electron chi connectivity index (χ4n) is 3.79. The maximum Gasteiger partial charge on any atom is 0.341 e. The number of nitrogens with one attached hydrogen (secondary N) is 1. The molecule has 4 nitrogen and oxygen atoms in total. The van der Waals surface area contributed by atoms with E-state index in [9.17, 15) is 4.79 Å². The Morgan fingerprint density at radius 3 is 2.17 bits per heavy atom. The summed E-state index contributed by atoms with van der Waals surface area (Å²) in [5.74, 6) is 6.69. The van der Waals surface area contributed by atoms with Gasteiger partial charge in [-0.05, 0) is 63.1 Å². The van der Waals surface area contributed by atoms with Crippen LogP contribution in [0.5, 0.6) is 5.75 Å². The first-order valence-corrected chi connectivity index (χ1v) is 13.4. The molecule has 0 aromatic heterocycles. The lowest BCUT2D eigenvalue weighted by atomic mass is 10.1. The molecule has 2 rings (SSSR count). The summed E-state index contributed by atoms with van der Waals surface area (Å²) in [5, 5.41) is 4.19.